The Morgan fingerprint density at radius 3 is 2.65 bits per heavy atom. The number of aromatic nitrogens is 4. The van der Waals surface area contributed by atoms with Gasteiger partial charge in [0.1, 0.15) is 0 Å². The van der Waals surface area contributed by atoms with E-state index in [4.69, 9.17) is 11.6 Å². The predicted molar refractivity (Wildman–Crippen MR) is 70.6 cm³/mol. The van der Waals surface area contributed by atoms with Crippen molar-refractivity contribution in [1.29, 1.82) is 0 Å². The molecular formula is C11H4ClN5O3. The van der Waals surface area contributed by atoms with E-state index in [-0.39, 0.29) is 27.4 Å². The SMILES string of the molecule is O=c1nc2cc([N+](=O)[O-])ccc2nc2nnc(Cl)cc12. The number of nitrogens with zero attached hydrogens (tertiary/aromatic N) is 5. The molecule has 0 bridgehead atoms. The normalized spacial score (nSPS) is 10.8. The minimum atomic E-state index is -0.625. The number of hydrogen-bond acceptors (Lipinski definition) is 7. The Morgan fingerprint density at radius 1 is 1.10 bits per heavy atom. The van der Waals surface area contributed by atoms with Gasteiger partial charge in [-0.25, -0.2) is 9.97 Å². The van der Waals surface area contributed by atoms with Crippen molar-refractivity contribution in [2.75, 3.05) is 0 Å². The minimum absolute atomic E-state index is 0.0411. The highest BCUT2D eigenvalue weighted by molar-refractivity contribution is 6.29. The molecule has 0 N–H and O–H groups in total. The average molecular weight is 290 g/mol. The molecular weight excluding hydrogens is 286 g/mol. The van der Waals surface area contributed by atoms with Gasteiger partial charge >= 0.3 is 0 Å². The molecule has 2 aromatic heterocycles. The van der Waals surface area contributed by atoms with Crippen LogP contribution in [0.25, 0.3) is 22.1 Å². The van der Waals surface area contributed by atoms with Crippen LogP contribution in [0.2, 0.25) is 5.15 Å². The summed E-state index contributed by atoms with van der Waals surface area (Å²) in [5.74, 6) is 0. The first-order valence-electron chi connectivity index (χ1n) is 5.34. The highest BCUT2D eigenvalue weighted by atomic mass is 35.5. The summed E-state index contributed by atoms with van der Waals surface area (Å²) in [4.78, 5) is 30.1. The Kier molecular flexibility index (Phi) is 2.72. The Balaban J connectivity index is 2.48. The average Bonchev–Trinajstić information content (AvgIpc) is 2.54. The molecule has 3 aromatic rings. The summed E-state index contributed by atoms with van der Waals surface area (Å²) in [6.45, 7) is 0. The first-order chi connectivity index (χ1) is 9.54. The number of hydrogen-bond donors (Lipinski definition) is 0. The fourth-order valence-electron chi connectivity index (χ4n) is 1.69. The standard InChI is InChI=1S/C11H4ClN5O3/c12-9-4-6-10(16-15-9)13-7-2-1-5(17(19)20)3-8(7)14-11(6)18/h1-4H. The van der Waals surface area contributed by atoms with Gasteiger partial charge in [-0.3, -0.25) is 14.9 Å². The zero-order valence-corrected chi connectivity index (χ0v) is 10.4. The number of benzene rings is 1. The zero-order chi connectivity index (χ0) is 14.3. The molecule has 9 heteroatoms. The number of fused-ring (bicyclic) bond motifs is 2. The Bertz CT molecular complexity index is 930. The molecule has 0 amide bonds. The second-order valence-corrected chi connectivity index (χ2v) is 4.25. The Morgan fingerprint density at radius 2 is 1.90 bits per heavy atom. The topological polar surface area (TPSA) is 112 Å². The van der Waals surface area contributed by atoms with Crippen molar-refractivity contribution in [2.45, 2.75) is 0 Å². The van der Waals surface area contributed by atoms with Crippen LogP contribution in [0.4, 0.5) is 5.69 Å². The summed E-state index contributed by atoms with van der Waals surface area (Å²) in [6.07, 6.45) is 0. The second kappa shape index (κ2) is 4.42. The van der Waals surface area contributed by atoms with E-state index >= 15 is 0 Å². The van der Waals surface area contributed by atoms with Gasteiger partial charge in [-0.15, -0.1) is 10.2 Å². The summed E-state index contributed by atoms with van der Waals surface area (Å²) in [7, 11) is 0. The summed E-state index contributed by atoms with van der Waals surface area (Å²) in [5, 5.41) is 18.2. The summed E-state index contributed by atoms with van der Waals surface area (Å²) in [5.41, 5.74) is -0.307. The van der Waals surface area contributed by atoms with Gasteiger partial charge in [0.2, 0.25) is 0 Å². The molecule has 0 spiro atoms. The second-order valence-electron chi connectivity index (χ2n) is 3.86. The molecule has 98 valence electrons. The molecule has 3 rings (SSSR count). The lowest BCUT2D eigenvalue weighted by atomic mass is 10.3. The van der Waals surface area contributed by atoms with E-state index in [0.717, 1.165) is 0 Å². The first kappa shape index (κ1) is 12.3. The fraction of sp³-hybridized carbons (Fsp3) is 0. The largest absolute Gasteiger partial charge is 0.281 e. The van der Waals surface area contributed by atoms with Gasteiger partial charge in [-0.2, -0.15) is 0 Å². The van der Waals surface area contributed by atoms with E-state index < -0.39 is 10.5 Å². The molecule has 0 aliphatic rings. The molecule has 0 saturated heterocycles. The van der Waals surface area contributed by atoms with Crippen LogP contribution in [0.3, 0.4) is 0 Å². The maximum absolute atomic E-state index is 12.0. The molecule has 0 fully saturated rings. The number of nitro groups is 1. The maximum atomic E-state index is 12.0. The number of nitro benzene ring substituents is 1. The highest BCUT2D eigenvalue weighted by Gasteiger charge is 2.10. The van der Waals surface area contributed by atoms with Gasteiger partial charge in [0.25, 0.3) is 11.2 Å². The number of non-ortho nitro benzene ring substituents is 1. The van der Waals surface area contributed by atoms with E-state index in [9.17, 15) is 14.9 Å². The molecule has 0 saturated carbocycles. The Labute approximate surface area is 115 Å². The molecule has 0 aliphatic carbocycles. The van der Waals surface area contributed by atoms with Crippen LogP contribution in [0.1, 0.15) is 0 Å². The van der Waals surface area contributed by atoms with Gasteiger partial charge in [0.15, 0.2) is 10.8 Å². The maximum Gasteiger partial charge on any atom is 0.281 e. The van der Waals surface area contributed by atoms with E-state index in [2.05, 4.69) is 20.2 Å². The molecule has 2 heterocycles. The van der Waals surface area contributed by atoms with E-state index in [1.54, 1.807) is 0 Å². The molecule has 1 aromatic carbocycles. The lowest BCUT2D eigenvalue weighted by molar-refractivity contribution is -0.384. The fourth-order valence-corrected chi connectivity index (χ4v) is 1.84. The van der Waals surface area contributed by atoms with Crippen LogP contribution >= 0.6 is 11.6 Å². The van der Waals surface area contributed by atoms with Crippen LogP contribution in [0.5, 0.6) is 0 Å². The van der Waals surface area contributed by atoms with Crippen molar-refractivity contribution in [3.8, 4) is 0 Å². The zero-order valence-electron chi connectivity index (χ0n) is 9.65. The van der Waals surface area contributed by atoms with Gasteiger partial charge < -0.3 is 0 Å². The van der Waals surface area contributed by atoms with Gasteiger partial charge in [0.05, 0.1) is 21.3 Å². The van der Waals surface area contributed by atoms with Crippen LogP contribution < -0.4 is 5.56 Å². The predicted octanol–water partition coefficient (Wildman–Crippen LogP) is 1.49. The van der Waals surface area contributed by atoms with E-state index in [1.165, 1.54) is 24.3 Å². The van der Waals surface area contributed by atoms with Crippen molar-refractivity contribution >= 4 is 39.4 Å². The molecule has 8 nitrogen and oxygen atoms in total. The third kappa shape index (κ3) is 2.01. The van der Waals surface area contributed by atoms with E-state index in [0.29, 0.717) is 5.52 Å². The lowest BCUT2D eigenvalue weighted by Crippen LogP contribution is -2.03. The molecule has 20 heavy (non-hydrogen) atoms. The summed E-state index contributed by atoms with van der Waals surface area (Å²) >= 11 is 5.67. The molecule has 0 aliphatic heterocycles. The van der Waals surface area contributed by atoms with Crippen molar-refractivity contribution in [3.63, 3.8) is 0 Å². The van der Waals surface area contributed by atoms with Crippen LogP contribution in [-0.4, -0.2) is 25.1 Å². The highest BCUT2D eigenvalue weighted by Crippen LogP contribution is 2.17. The van der Waals surface area contributed by atoms with Crippen molar-refractivity contribution in [3.05, 3.63) is 49.9 Å². The van der Waals surface area contributed by atoms with Crippen molar-refractivity contribution in [1.82, 2.24) is 20.2 Å². The van der Waals surface area contributed by atoms with Gasteiger partial charge in [-0.1, -0.05) is 11.6 Å². The van der Waals surface area contributed by atoms with E-state index in [1.807, 2.05) is 0 Å². The molecule has 0 unspecified atom stereocenters. The third-order valence-electron chi connectivity index (χ3n) is 2.59. The van der Waals surface area contributed by atoms with Crippen LogP contribution in [-0.2, 0) is 0 Å². The van der Waals surface area contributed by atoms with Crippen LogP contribution in [0.15, 0.2) is 29.1 Å². The third-order valence-corrected chi connectivity index (χ3v) is 2.78. The smallest absolute Gasteiger partial charge is 0.267 e. The monoisotopic (exact) mass is 289 g/mol. The molecule has 0 atom stereocenters. The van der Waals surface area contributed by atoms with Crippen molar-refractivity contribution < 1.29 is 4.92 Å². The van der Waals surface area contributed by atoms with Crippen LogP contribution in [0, 0.1) is 10.1 Å². The van der Waals surface area contributed by atoms with Gasteiger partial charge in [0, 0.05) is 12.1 Å². The van der Waals surface area contributed by atoms with Gasteiger partial charge in [-0.05, 0) is 12.1 Å². The Hall–Kier alpha value is -2.74. The minimum Gasteiger partial charge on any atom is -0.267 e. The lowest BCUT2D eigenvalue weighted by Gasteiger charge is -1.91. The quantitative estimate of drug-likeness (QED) is 0.492. The summed E-state index contributed by atoms with van der Waals surface area (Å²) in [6, 6.07) is 5.16. The number of halogens is 1. The first-order valence-corrected chi connectivity index (χ1v) is 5.72. The van der Waals surface area contributed by atoms with Crippen molar-refractivity contribution in [2.24, 2.45) is 0 Å². The summed E-state index contributed by atoms with van der Waals surface area (Å²) < 4.78 is 0. The number of rotatable bonds is 1. The molecule has 0 radical (unpaired) electrons.